The van der Waals surface area contributed by atoms with Gasteiger partial charge in [-0.3, -0.25) is 0 Å². The van der Waals surface area contributed by atoms with E-state index >= 15 is 0 Å². The summed E-state index contributed by atoms with van der Waals surface area (Å²) in [5, 5.41) is 0. The quantitative estimate of drug-likeness (QED) is 0.661. The average Bonchev–Trinajstić information content (AvgIpc) is 2.49. The van der Waals surface area contributed by atoms with Gasteiger partial charge in [-0.1, -0.05) is 71.1 Å². The van der Waals surface area contributed by atoms with Gasteiger partial charge < -0.3 is 4.74 Å². The van der Waals surface area contributed by atoms with Crippen LogP contribution >= 0.6 is 0 Å². The van der Waals surface area contributed by atoms with E-state index in [1.807, 2.05) is 44.2 Å². The topological polar surface area (TPSA) is 9.23 Å². The van der Waals surface area contributed by atoms with Gasteiger partial charge in [0.2, 0.25) is 0 Å². The number of benzene rings is 1. The third-order valence-corrected chi connectivity index (χ3v) is 3.74. The molecule has 1 fully saturated rings. The highest BCUT2D eigenvalue weighted by atomic mass is 16.5. The number of hydrogen-bond acceptors (Lipinski definition) is 1. The monoisotopic (exact) mass is 262 g/mol. The van der Waals surface area contributed by atoms with E-state index in [9.17, 15) is 0 Å². The number of para-hydroxylation sites is 1. The molecule has 108 valence electrons. The van der Waals surface area contributed by atoms with Crippen molar-refractivity contribution in [3.63, 3.8) is 0 Å². The molecule has 0 aliphatic heterocycles. The molecule has 1 nitrogen and oxygen atoms in total. The van der Waals surface area contributed by atoms with Crippen LogP contribution in [0.15, 0.2) is 30.3 Å². The van der Waals surface area contributed by atoms with Crippen molar-refractivity contribution >= 4 is 0 Å². The second-order valence-electron chi connectivity index (χ2n) is 5.47. The van der Waals surface area contributed by atoms with E-state index in [0.717, 1.165) is 18.3 Å². The van der Waals surface area contributed by atoms with Gasteiger partial charge in [0.05, 0.1) is 6.61 Å². The van der Waals surface area contributed by atoms with E-state index in [4.69, 9.17) is 4.74 Å². The molecule has 0 spiro atoms. The van der Waals surface area contributed by atoms with E-state index in [1.54, 1.807) is 0 Å². The molecule has 1 heteroatoms. The van der Waals surface area contributed by atoms with Crippen LogP contribution in [-0.4, -0.2) is 6.61 Å². The molecule has 0 saturated heterocycles. The van der Waals surface area contributed by atoms with Crippen molar-refractivity contribution in [1.29, 1.82) is 0 Å². The summed E-state index contributed by atoms with van der Waals surface area (Å²) in [7, 11) is 0. The minimum absolute atomic E-state index is 0.679. The van der Waals surface area contributed by atoms with E-state index in [-0.39, 0.29) is 0 Å². The molecule has 0 amide bonds. The molecule has 19 heavy (non-hydrogen) atoms. The number of rotatable bonds is 5. The lowest BCUT2D eigenvalue weighted by atomic mass is 9.83. The Labute approximate surface area is 119 Å². The van der Waals surface area contributed by atoms with Crippen LogP contribution in [0.2, 0.25) is 0 Å². The molecule has 1 aromatic rings. The van der Waals surface area contributed by atoms with Crippen LogP contribution in [0.5, 0.6) is 5.75 Å². The smallest absolute Gasteiger partial charge is 0.119 e. The summed E-state index contributed by atoms with van der Waals surface area (Å²) >= 11 is 0. The van der Waals surface area contributed by atoms with Gasteiger partial charge in [0.15, 0.2) is 0 Å². The van der Waals surface area contributed by atoms with Crippen molar-refractivity contribution < 1.29 is 4.74 Å². The molecule has 1 atom stereocenters. The van der Waals surface area contributed by atoms with E-state index in [0.29, 0.717) is 5.92 Å². The molecule has 0 aromatic heterocycles. The molecule has 0 radical (unpaired) electrons. The van der Waals surface area contributed by atoms with Gasteiger partial charge in [0, 0.05) is 0 Å². The van der Waals surface area contributed by atoms with Crippen LogP contribution in [0.3, 0.4) is 0 Å². The Bertz CT molecular complexity index is 301. The zero-order valence-electron chi connectivity index (χ0n) is 12.9. The Kier molecular flexibility index (Phi) is 8.36. The van der Waals surface area contributed by atoms with Gasteiger partial charge in [0.25, 0.3) is 0 Å². The predicted octanol–water partition coefficient (Wildman–Crippen LogP) is 5.70. The maximum Gasteiger partial charge on any atom is 0.119 e. The molecule has 0 bridgehead atoms. The lowest BCUT2D eigenvalue weighted by molar-refractivity contribution is 0.213. The summed E-state index contributed by atoms with van der Waals surface area (Å²) in [6, 6.07) is 10.2. The molecule has 1 aliphatic rings. The first-order valence-corrected chi connectivity index (χ1v) is 8.02. The molecule has 1 saturated carbocycles. The third kappa shape index (κ3) is 6.66. The van der Waals surface area contributed by atoms with E-state index < -0.39 is 0 Å². The van der Waals surface area contributed by atoms with Crippen LogP contribution < -0.4 is 4.74 Å². The molecule has 1 aromatic carbocycles. The van der Waals surface area contributed by atoms with E-state index in [2.05, 4.69) is 6.92 Å². The zero-order valence-corrected chi connectivity index (χ0v) is 12.9. The maximum absolute atomic E-state index is 5.81. The minimum atomic E-state index is 0.679. The first-order chi connectivity index (χ1) is 9.34. The van der Waals surface area contributed by atoms with Gasteiger partial charge in [0.1, 0.15) is 5.75 Å². The van der Waals surface area contributed by atoms with Gasteiger partial charge in [-0.2, -0.15) is 0 Å². The summed E-state index contributed by atoms with van der Waals surface area (Å²) in [4.78, 5) is 0. The van der Waals surface area contributed by atoms with E-state index in [1.165, 1.54) is 38.5 Å². The fourth-order valence-corrected chi connectivity index (χ4v) is 2.82. The molecular formula is C18H30O. The lowest BCUT2D eigenvalue weighted by Crippen LogP contribution is -2.15. The lowest BCUT2D eigenvalue weighted by Gasteiger charge is -2.24. The molecule has 1 unspecified atom stereocenters. The summed E-state index contributed by atoms with van der Waals surface area (Å²) in [5.41, 5.74) is 0. The Balaban J connectivity index is 0.000000861. The van der Waals surface area contributed by atoms with Gasteiger partial charge in [-0.05, 0) is 30.4 Å². The fourth-order valence-electron chi connectivity index (χ4n) is 2.82. The highest BCUT2D eigenvalue weighted by molar-refractivity contribution is 5.20. The second kappa shape index (κ2) is 9.89. The second-order valence-corrected chi connectivity index (χ2v) is 5.47. The van der Waals surface area contributed by atoms with Crippen molar-refractivity contribution in [1.82, 2.24) is 0 Å². The van der Waals surface area contributed by atoms with Crippen molar-refractivity contribution in [2.75, 3.05) is 6.61 Å². The summed E-state index contributed by atoms with van der Waals surface area (Å²) in [5.74, 6) is 2.64. The zero-order chi connectivity index (χ0) is 13.9. The largest absolute Gasteiger partial charge is 0.493 e. The van der Waals surface area contributed by atoms with Crippen LogP contribution in [0, 0.1) is 11.8 Å². The normalized spacial score (nSPS) is 17.2. The average molecular weight is 262 g/mol. The maximum atomic E-state index is 5.81. The van der Waals surface area contributed by atoms with Gasteiger partial charge in [-0.25, -0.2) is 0 Å². The fraction of sp³-hybridized carbons (Fsp3) is 0.667. The van der Waals surface area contributed by atoms with Crippen molar-refractivity contribution in [3.05, 3.63) is 30.3 Å². The first kappa shape index (κ1) is 16.1. The van der Waals surface area contributed by atoms with Crippen molar-refractivity contribution in [2.24, 2.45) is 11.8 Å². The molecule has 0 N–H and O–H groups in total. The Morgan fingerprint density at radius 3 is 2.32 bits per heavy atom. The molecular weight excluding hydrogens is 232 g/mol. The van der Waals surface area contributed by atoms with Gasteiger partial charge in [-0.15, -0.1) is 0 Å². The SMILES string of the molecule is CC.CC(COc1ccccc1)CC1CCCCC1. The minimum Gasteiger partial charge on any atom is -0.493 e. The van der Waals surface area contributed by atoms with Crippen LogP contribution in [0.1, 0.15) is 59.3 Å². The van der Waals surface area contributed by atoms with Crippen LogP contribution in [0.25, 0.3) is 0 Å². The molecule has 2 rings (SSSR count). The molecule has 0 heterocycles. The van der Waals surface area contributed by atoms with Crippen LogP contribution in [0.4, 0.5) is 0 Å². The Morgan fingerprint density at radius 1 is 1.05 bits per heavy atom. The summed E-state index contributed by atoms with van der Waals surface area (Å²) < 4.78 is 5.81. The number of ether oxygens (including phenoxy) is 1. The van der Waals surface area contributed by atoms with Gasteiger partial charge >= 0.3 is 0 Å². The summed E-state index contributed by atoms with van der Waals surface area (Å²) in [6.45, 7) is 7.18. The van der Waals surface area contributed by atoms with Crippen LogP contribution in [-0.2, 0) is 0 Å². The highest BCUT2D eigenvalue weighted by Crippen LogP contribution is 2.29. The third-order valence-electron chi connectivity index (χ3n) is 3.74. The van der Waals surface area contributed by atoms with Crippen molar-refractivity contribution in [2.45, 2.75) is 59.3 Å². The Morgan fingerprint density at radius 2 is 1.68 bits per heavy atom. The Hall–Kier alpha value is -0.980. The van der Waals surface area contributed by atoms with Crippen molar-refractivity contribution in [3.8, 4) is 5.75 Å². The highest BCUT2D eigenvalue weighted by Gasteiger charge is 2.16. The first-order valence-electron chi connectivity index (χ1n) is 8.02. The predicted molar refractivity (Wildman–Crippen MR) is 83.6 cm³/mol. The summed E-state index contributed by atoms with van der Waals surface area (Å²) in [6.07, 6.45) is 8.55. The standard InChI is InChI=1S/C16H24O.C2H6/c1-14(12-15-8-4-2-5-9-15)13-17-16-10-6-3-7-11-16;1-2/h3,6-7,10-11,14-15H,2,4-5,8-9,12-13H2,1H3;1-2H3. The molecule has 1 aliphatic carbocycles. The number of hydrogen-bond donors (Lipinski definition) is 0.